The normalized spacial score (nSPS) is 12.7. The highest BCUT2D eigenvalue weighted by Crippen LogP contribution is 2.31. The second kappa shape index (κ2) is 6.91. The largest absolute Gasteiger partial charge is 0.305 e. The van der Waals surface area contributed by atoms with Crippen molar-refractivity contribution < 1.29 is 0 Å². The number of halogens is 2. The van der Waals surface area contributed by atoms with Gasteiger partial charge in [-0.25, -0.2) is 0 Å². The number of hydrogen-bond acceptors (Lipinski definition) is 2. The van der Waals surface area contributed by atoms with E-state index in [1.165, 1.54) is 14.7 Å². The zero-order chi connectivity index (χ0) is 14.7. The summed E-state index contributed by atoms with van der Waals surface area (Å²) in [5.74, 6) is 0. The fraction of sp³-hybridized carbons (Fsp3) is 0.400. The average molecular weight is 404 g/mol. The van der Waals surface area contributed by atoms with Crippen LogP contribution >= 0.6 is 34.2 Å². The lowest BCUT2D eigenvalue weighted by Crippen LogP contribution is -2.26. The second-order valence-corrected chi connectivity index (χ2v) is 6.35. The summed E-state index contributed by atoms with van der Waals surface area (Å²) in [4.78, 5) is 0. The van der Waals surface area contributed by atoms with Crippen LogP contribution in [0.4, 0.5) is 0 Å². The molecule has 20 heavy (non-hydrogen) atoms. The van der Waals surface area contributed by atoms with Gasteiger partial charge >= 0.3 is 0 Å². The number of aromatic nitrogens is 2. The SMILES string of the molecule is CCCNC(c1cccc(C)c1I)c1c(Cl)cnn1C. The van der Waals surface area contributed by atoms with Gasteiger partial charge in [0, 0.05) is 10.6 Å². The standard InChI is InChI=1S/C15H19ClIN3/c1-4-8-18-14(15-12(16)9-19-20(15)3)11-7-5-6-10(2)13(11)17/h5-7,9,14,18H,4,8H2,1-3H3. The Balaban J connectivity index is 2.50. The minimum Gasteiger partial charge on any atom is -0.305 e. The maximum atomic E-state index is 6.33. The van der Waals surface area contributed by atoms with Gasteiger partial charge in [-0.15, -0.1) is 0 Å². The van der Waals surface area contributed by atoms with E-state index in [9.17, 15) is 0 Å². The van der Waals surface area contributed by atoms with Crippen molar-refractivity contribution in [1.82, 2.24) is 15.1 Å². The van der Waals surface area contributed by atoms with E-state index >= 15 is 0 Å². The molecule has 0 saturated carbocycles. The van der Waals surface area contributed by atoms with Gasteiger partial charge in [0.05, 0.1) is 23.0 Å². The predicted molar refractivity (Wildman–Crippen MR) is 92.3 cm³/mol. The average Bonchev–Trinajstić information content (AvgIpc) is 2.75. The third-order valence-electron chi connectivity index (χ3n) is 3.34. The maximum absolute atomic E-state index is 6.33. The molecule has 1 unspecified atom stereocenters. The first-order valence-electron chi connectivity index (χ1n) is 6.72. The summed E-state index contributed by atoms with van der Waals surface area (Å²) in [5.41, 5.74) is 3.55. The number of benzene rings is 1. The van der Waals surface area contributed by atoms with Gasteiger partial charge in [0.25, 0.3) is 0 Å². The zero-order valence-corrected chi connectivity index (χ0v) is 14.9. The number of rotatable bonds is 5. The Bertz CT molecular complexity index is 575. The van der Waals surface area contributed by atoms with Gasteiger partial charge in [-0.05, 0) is 53.6 Å². The second-order valence-electron chi connectivity index (χ2n) is 4.87. The van der Waals surface area contributed by atoms with Crippen LogP contribution in [0.5, 0.6) is 0 Å². The molecule has 3 nitrogen and oxygen atoms in total. The van der Waals surface area contributed by atoms with Crippen molar-refractivity contribution >= 4 is 34.2 Å². The number of nitrogens with zero attached hydrogens (tertiary/aromatic N) is 2. The monoisotopic (exact) mass is 403 g/mol. The summed E-state index contributed by atoms with van der Waals surface area (Å²) in [6.45, 7) is 5.24. The number of nitrogens with one attached hydrogen (secondary N) is 1. The summed E-state index contributed by atoms with van der Waals surface area (Å²) in [7, 11) is 1.94. The zero-order valence-electron chi connectivity index (χ0n) is 12.0. The molecule has 108 valence electrons. The van der Waals surface area contributed by atoms with Crippen molar-refractivity contribution in [1.29, 1.82) is 0 Å². The summed E-state index contributed by atoms with van der Waals surface area (Å²) >= 11 is 8.74. The minimum atomic E-state index is 0.0711. The molecule has 5 heteroatoms. The van der Waals surface area contributed by atoms with Crippen LogP contribution in [-0.2, 0) is 7.05 Å². The third-order valence-corrected chi connectivity index (χ3v) is 5.11. The Morgan fingerprint density at radius 1 is 1.45 bits per heavy atom. The molecule has 0 aliphatic carbocycles. The van der Waals surface area contributed by atoms with E-state index in [0.717, 1.165) is 18.7 Å². The van der Waals surface area contributed by atoms with Crippen LogP contribution in [0.2, 0.25) is 5.02 Å². The molecule has 1 aromatic carbocycles. The van der Waals surface area contributed by atoms with E-state index in [-0.39, 0.29) is 6.04 Å². The quantitative estimate of drug-likeness (QED) is 0.763. The van der Waals surface area contributed by atoms with Crippen LogP contribution in [0, 0.1) is 10.5 Å². The van der Waals surface area contributed by atoms with Crippen molar-refractivity contribution in [2.24, 2.45) is 7.05 Å². The molecular weight excluding hydrogens is 385 g/mol. The van der Waals surface area contributed by atoms with Gasteiger partial charge in [-0.3, -0.25) is 4.68 Å². The van der Waals surface area contributed by atoms with E-state index in [4.69, 9.17) is 11.6 Å². The van der Waals surface area contributed by atoms with Gasteiger partial charge < -0.3 is 5.32 Å². The Hall–Kier alpha value is -0.590. The number of aryl methyl sites for hydroxylation is 2. The van der Waals surface area contributed by atoms with E-state index in [1.807, 2.05) is 11.7 Å². The lowest BCUT2D eigenvalue weighted by atomic mass is 10.0. The van der Waals surface area contributed by atoms with Crippen molar-refractivity contribution in [3.63, 3.8) is 0 Å². The molecule has 1 atom stereocenters. The highest BCUT2D eigenvalue weighted by Gasteiger charge is 2.22. The molecule has 0 aliphatic rings. The summed E-state index contributed by atoms with van der Waals surface area (Å²) in [6.07, 6.45) is 2.79. The van der Waals surface area contributed by atoms with Gasteiger partial charge in [-0.2, -0.15) is 5.10 Å². The molecule has 0 radical (unpaired) electrons. The number of hydrogen-bond donors (Lipinski definition) is 1. The van der Waals surface area contributed by atoms with Gasteiger partial charge in [0.15, 0.2) is 0 Å². The highest BCUT2D eigenvalue weighted by molar-refractivity contribution is 14.1. The molecule has 0 amide bonds. The van der Waals surface area contributed by atoms with Crippen molar-refractivity contribution in [2.45, 2.75) is 26.3 Å². The van der Waals surface area contributed by atoms with E-state index in [1.54, 1.807) is 6.20 Å². The Morgan fingerprint density at radius 2 is 2.20 bits per heavy atom. The fourth-order valence-corrected chi connectivity index (χ4v) is 3.23. The summed E-state index contributed by atoms with van der Waals surface area (Å²) < 4.78 is 3.13. The molecule has 1 aromatic heterocycles. The van der Waals surface area contributed by atoms with Gasteiger partial charge in [0.2, 0.25) is 0 Å². The Kier molecular flexibility index (Phi) is 5.46. The molecule has 0 bridgehead atoms. The van der Waals surface area contributed by atoms with Crippen molar-refractivity contribution in [3.8, 4) is 0 Å². The minimum absolute atomic E-state index is 0.0711. The van der Waals surface area contributed by atoms with E-state index < -0.39 is 0 Å². The lowest BCUT2D eigenvalue weighted by molar-refractivity contribution is 0.552. The molecule has 0 spiro atoms. The first kappa shape index (κ1) is 15.8. The van der Waals surface area contributed by atoms with E-state index in [0.29, 0.717) is 5.02 Å². The summed E-state index contributed by atoms with van der Waals surface area (Å²) in [5, 5.41) is 8.56. The third kappa shape index (κ3) is 3.18. The smallest absolute Gasteiger partial charge is 0.0837 e. The molecular formula is C15H19ClIN3. The molecule has 1 N–H and O–H groups in total. The summed E-state index contributed by atoms with van der Waals surface area (Å²) in [6, 6.07) is 6.46. The van der Waals surface area contributed by atoms with Crippen molar-refractivity contribution in [3.05, 3.63) is 49.8 Å². The molecule has 0 saturated heterocycles. The van der Waals surface area contributed by atoms with Crippen LogP contribution < -0.4 is 5.32 Å². The van der Waals surface area contributed by atoms with Crippen LogP contribution in [0.1, 0.15) is 36.2 Å². The van der Waals surface area contributed by atoms with Gasteiger partial charge in [0.1, 0.15) is 0 Å². The predicted octanol–water partition coefficient (Wildman–Crippen LogP) is 4.08. The molecule has 2 rings (SSSR count). The topological polar surface area (TPSA) is 29.9 Å². The Morgan fingerprint density at radius 3 is 2.80 bits per heavy atom. The van der Waals surface area contributed by atoms with Crippen LogP contribution in [0.15, 0.2) is 24.4 Å². The first-order chi connectivity index (χ1) is 9.56. The molecule has 1 heterocycles. The van der Waals surface area contributed by atoms with Crippen molar-refractivity contribution in [2.75, 3.05) is 6.54 Å². The first-order valence-corrected chi connectivity index (χ1v) is 8.17. The lowest BCUT2D eigenvalue weighted by Gasteiger charge is -2.22. The molecule has 0 aliphatic heterocycles. The highest BCUT2D eigenvalue weighted by atomic mass is 127. The van der Waals surface area contributed by atoms with Crippen LogP contribution in [0.25, 0.3) is 0 Å². The Labute approximate surface area is 138 Å². The fourth-order valence-electron chi connectivity index (χ4n) is 2.28. The van der Waals surface area contributed by atoms with Crippen LogP contribution in [0.3, 0.4) is 0 Å². The molecule has 0 fully saturated rings. The van der Waals surface area contributed by atoms with E-state index in [2.05, 4.69) is 65.1 Å². The molecule has 2 aromatic rings. The van der Waals surface area contributed by atoms with Gasteiger partial charge in [-0.1, -0.05) is 36.7 Å². The van der Waals surface area contributed by atoms with Crippen LogP contribution in [-0.4, -0.2) is 16.3 Å². The maximum Gasteiger partial charge on any atom is 0.0837 e.